The molecule has 0 fully saturated rings. The molecule has 1 unspecified atom stereocenters. The lowest BCUT2D eigenvalue weighted by atomic mass is 10.1. The van der Waals surface area contributed by atoms with Crippen LogP contribution in [0.1, 0.15) is 25.7 Å². The molecule has 0 aromatic heterocycles. The Morgan fingerprint density at radius 3 is 2.20 bits per heavy atom. The number of methoxy groups -OCH3 is 2. The molecule has 8 heteroatoms. The van der Waals surface area contributed by atoms with Gasteiger partial charge in [0.25, 0.3) is 0 Å². The number of hydrogen-bond acceptors (Lipinski definition) is 5. The van der Waals surface area contributed by atoms with Crippen molar-refractivity contribution in [3.8, 4) is 0 Å². The van der Waals surface area contributed by atoms with Crippen molar-refractivity contribution < 1.29 is 23.9 Å². The fourth-order valence-electron chi connectivity index (χ4n) is 1.56. The topological polar surface area (TPSA) is 106 Å². The summed E-state index contributed by atoms with van der Waals surface area (Å²) in [6.07, 6.45) is 1.75. The van der Waals surface area contributed by atoms with E-state index >= 15 is 0 Å². The van der Waals surface area contributed by atoms with E-state index in [0.29, 0.717) is 13.0 Å². The highest BCUT2D eigenvalue weighted by Gasteiger charge is 2.19. The molecule has 3 N–H and O–H groups in total. The Labute approximate surface area is 118 Å². The first-order valence-electron chi connectivity index (χ1n) is 6.43. The Bertz CT molecular complexity index is 322. The van der Waals surface area contributed by atoms with E-state index in [0.717, 1.165) is 19.3 Å². The molecule has 0 spiro atoms. The molecular formula is C12H23N3O5. The summed E-state index contributed by atoms with van der Waals surface area (Å²) in [5, 5.41) is 7.52. The lowest BCUT2D eigenvalue weighted by molar-refractivity contribution is -0.122. The summed E-state index contributed by atoms with van der Waals surface area (Å²) < 4.78 is 8.90. The summed E-state index contributed by atoms with van der Waals surface area (Å²) >= 11 is 0. The third-order valence-corrected chi connectivity index (χ3v) is 2.66. The van der Waals surface area contributed by atoms with Crippen molar-refractivity contribution >= 4 is 18.1 Å². The van der Waals surface area contributed by atoms with Gasteiger partial charge in [0.2, 0.25) is 5.91 Å². The SMILES string of the molecule is CNC(=O)C(CCCCCNC(=O)OC)NC(=O)OC. The minimum absolute atomic E-state index is 0.261. The Hall–Kier alpha value is -1.99. The number of carbonyl (C=O) groups excluding carboxylic acids is 3. The van der Waals surface area contributed by atoms with Crippen LogP contribution in [0.2, 0.25) is 0 Å². The van der Waals surface area contributed by atoms with E-state index in [1.54, 1.807) is 0 Å². The smallest absolute Gasteiger partial charge is 0.407 e. The molecule has 0 aromatic rings. The largest absolute Gasteiger partial charge is 0.453 e. The molecule has 0 aromatic carbocycles. The molecule has 0 aliphatic heterocycles. The standard InChI is InChI=1S/C12H23N3O5/c1-13-10(16)9(15-12(18)20-3)7-5-4-6-8-14-11(17)19-2/h9H,4-8H2,1-3H3,(H,13,16)(H,14,17)(H,15,18). The average molecular weight is 289 g/mol. The van der Waals surface area contributed by atoms with Gasteiger partial charge in [-0.1, -0.05) is 12.8 Å². The quantitative estimate of drug-likeness (QED) is 0.560. The summed E-state index contributed by atoms with van der Waals surface area (Å²) in [5.74, 6) is -0.261. The van der Waals surface area contributed by atoms with E-state index in [-0.39, 0.29) is 5.91 Å². The fraction of sp³-hybridized carbons (Fsp3) is 0.750. The number of rotatable bonds is 8. The number of amides is 3. The van der Waals surface area contributed by atoms with Crippen LogP contribution in [0.15, 0.2) is 0 Å². The van der Waals surface area contributed by atoms with Crippen molar-refractivity contribution in [3.63, 3.8) is 0 Å². The summed E-state index contributed by atoms with van der Waals surface area (Å²) in [5.41, 5.74) is 0. The summed E-state index contributed by atoms with van der Waals surface area (Å²) in [7, 11) is 4.06. The Morgan fingerprint density at radius 1 is 1.00 bits per heavy atom. The second-order valence-corrected chi connectivity index (χ2v) is 4.07. The Kier molecular flexibility index (Phi) is 9.81. The van der Waals surface area contributed by atoms with Gasteiger partial charge in [0, 0.05) is 13.6 Å². The lowest BCUT2D eigenvalue weighted by Crippen LogP contribution is -2.45. The summed E-state index contributed by atoms with van der Waals surface area (Å²) in [6, 6.07) is -0.610. The van der Waals surface area contributed by atoms with Crippen LogP contribution in [0.5, 0.6) is 0 Å². The van der Waals surface area contributed by atoms with E-state index in [1.807, 2.05) is 0 Å². The zero-order valence-electron chi connectivity index (χ0n) is 12.2. The maximum absolute atomic E-state index is 11.6. The van der Waals surface area contributed by atoms with Crippen LogP contribution in [-0.2, 0) is 14.3 Å². The van der Waals surface area contributed by atoms with Gasteiger partial charge in [0.15, 0.2) is 0 Å². The maximum Gasteiger partial charge on any atom is 0.407 e. The molecule has 0 rings (SSSR count). The van der Waals surface area contributed by atoms with Crippen molar-refractivity contribution in [2.75, 3.05) is 27.8 Å². The van der Waals surface area contributed by atoms with Gasteiger partial charge in [-0.05, 0) is 12.8 Å². The first-order valence-corrected chi connectivity index (χ1v) is 6.43. The fourth-order valence-corrected chi connectivity index (χ4v) is 1.56. The van der Waals surface area contributed by atoms with E-state index in [2.05, 4.69) is 25.4 Å². The minimum Gasteiger partial charge on any atom is -0.453 e. The first-order chi connectivity index (χ1) is 9.54. The van der Waals surface area contributed by atoms with E-state index in [4.69, 9.17) is 0 Å². The average Bonchev–Trinajstić information content (AvgIpc) is 2.47. The van der Waals surface area contributed by atoms with Crippen LogP contribution >= 0.6 is 0 Å². The molecule has 0 radical (unpaired) electrons. The van der Waals surface area contributed by atoms with Gasteiger partial charge in [-0.25, -0.2) is 9.59 Å². The highest BCUT2D eigenvalue weighted by molar-refractivity contribution is 5.85. The van der Waals surface area contributed by atoms with Crippen LogP contribution in [0.3, 0.4) is 0 Å². The Balaban J connectivity index is 3.87. The highest BCUT2D eigenvalue weighted by atomic mass is 16.5. The predicted molar refractivity (Wildman–Crippen MR) is 72.3 cm³/mol. The number of hydrogen-bond donors (Lipinski definition) is 3. The third-order valence-electron chi connectivity index (χ3n) is 2.66. The van der Waals surface area contributed by atoms with Gasteiger partial charge >= 0.3 is 12.2 Å². The minimum atomic E-state index is -0.633. The molecular weight excluding hydrogens is 266 g/mol. The number of likely N-dealkylation sites (N-methyl/N-ethyl adjacent to an activating group) is 1. The normalized spacial score (nSPS) is 11.2. The molecule has 0 bridgehead atoms. The van der Waals surface area contributed by atoms with Crippen LogP contribution in [-0.4, -0.2) is 51.9 Å². The number of nitrogens with one attached hydrogen (secondary N) is 3. The van der Waals surface area contributed by atoms with E-state index < -0.39 is 18.2 Å². The lowest BCUT2D eigenvalue weighted by Gasteiger charge is -2.16. The molecule has 0 heterocycles. The number of unbranched alkanes of at least 4 members (excludes halogenated alkanes) is 2. The van der Waals surface area contributed by atoms with E-state index in [9.17, 15) is 14.4 Å². The van der Waals surface area contributed by atoms with Crippen molar-refractivity contribution in [2.24, 2.45) is 0 Å². The van der Waals surface area contributed by atoms with Gasteiger partial charge in [0.1, 0.15) is 6.04 Å². The van der Waals surface area contributed by atoms with Crippen molar-refractivity contribution in [2.45, 2.75) is 31.7 Å². The van der Waals surface area contributed by atoms with Crippen LogP contribution in [0.25, 0.3) is 0 Å². The zero-order valence-corrected chi connectivity index (χ0v) is 12.2. The predicted octanol–water partition coefficient (Wildman–Crippen LogP) is 0.373. The van der Waals surface area contributed by atoms with Crippen molar-refractivity contribution in [1.29, 1.82) is 0 Å². The maximum atomic E-state index is 11.6. The first kappa shape index (κ1) is 18.0. The second-order valence-electron chi connectivity index (χ2n) is 4.07. The summed E-state index contributed by atoms with van der Waals surface area (Å²) in [4.78, 5) is 33.5. The number of carbonyl (C=O) groups is 3. The van der Waals surface area contributed by atoms with Crippen LogP contribution in [0, 0.1) is 0 Å². The number of alkyl carbamates (subject to hydrolysis) is 2. The van der Waals surface area contributed by atoms with Gasteiger partial charge in [0.05, 0.1) is 14.2 Å². The van der Waals surface area contributed by atoms with Gasteiger partial charge in [-0.2, -0.15) is 0 Å². The highest BCUT2D eigenvalue weighted by Crippen LogP contribution is 2.04. The summed E-state index contributed by atoms with van der Waals surface area (Å²) in [6.45, 7) is 0.516. The van der Waals surface area contributed by atoms with Crippen molar-refractivity contribution in [1.82, 2.24) is 16.0 Å². The van der Waals surface area contributed by atoms with Crippen LogP contribution < -0.4 is 16.0 Å². The molecule has 3 amide bonds. The number of ether oxygens (including phenoxy) is 2. The molecule has 0 aliphatic rings. The second kappa shape index (κ2) is 10.9. The molecule has 0 aliphatic carbocycles. The molecule has 116 valence electrons. The van der Waals surface area contributed by atoms with Crippen LogP contribution in [0.4, 0.5) is 9.59 Å². The van der Waals surface area contributed by atoms with Gasteiger partial charge in [-0.3, -0.25) is 4.79 Å². The van der Waals surface area contributed by atoms with Crippen molar-refractivity contribution in [3.05, 3.63) is 0 Å². The molecule has 0 saturated heterocycles. The molecule has 1 atom stereocenters. The van der Waals surface area contributed by atoms with Gasteiger partial charge in [-0.15, -0.1) is 0 Å². The molecule has 8 nitrogen and oxygen atoms in total. The Morgan fingerprint density at radius 2 is 1.65 bits per heavy atom. The monoisotopic (exact) mass is 289 g/mol. The third kappa shape index (κ3) is 8.17. The molecule has 20 heavy (non-hydrogen) atoms. The molecule has 0 saturated carbocycles. The van der Waals surface area contributed by atoms with E-state index in [1.165, 1.54) is 21.3 Å². The zero-order chi connectivity index (χ0) is 15.4. The van der Waals surface area contributed by atoms with Gasteiger partial charge < -0.3 is 25.4 Å².